The molecule has 678 valence electrons. The number of para-hydroxylation sites is 5. The number of nitrogens with zero attached hydrogens (tertiary/aromatic N) is 11. The molecule has 8 aromatic heterocycles. The van der Waals surface area contributed by atoms with Crippen molar-refractivity contribution >= 4 is 150 Å². The molecule has 0 aliphatic rings. The molecule has 13 heteroatoms. The first-order valence-electron chi connectivity index (χ1n) is 48.7. The molecule has 0 atom stereocenters. The lowest BCUT2D eigenvalue weighted by atomic mass is 9.99. The van der Waals surface area contributed by atoms with E-state index in [0.717, 1.165) is 77.9 Å². The van der Waals surface area contributed by atoms with Crippen LogP contribution in [0.5, 0.6) is 0 Å². The van der Waals surface area contributed by atoms with Crippen LogP contribution in [0, 0.1) is 0 Å². The standard InChI is InChI=1S/C48H30N4.C45H28N4S.C39H25N3S/c1-3-14-32(15-4-1)47-38-20-9-11-21-41(38)49-48(50-47)52-44-27-25-34(30-40(44)46-36-18-8-7-13-31(36)23-28-45(46)52)33-24-26-43-39(29-33)37-19-10-12-22-42(37)51(43)35-16-5-2-6-17-35;1-4-13-29(14-5-1)43-46-44(30-15-6-2-7-16-30)48-45(47-43)35-20-12-22-41-42(35)37-28-32(24-26-40(37)50-41)31-23-25-39-36(27-31)34-19-10-11-21-38(34)49(39)33-17-8-3-9-18-33;1-4-10-26(11-5-1)27-16-18-28(19-17-27)31-20-22-35-33(24-31)34-25-32(21-23-36(34)43-35)39-41-37(29-12-6-2-7-13-29)40-38(42-39)30-14-8-3-9-15-30/h1-30H;1-28H;1-25H. The Bertz CT molecular complexity index is 9940. The SMILES string of the molecule is c1ccc(-c2ccc(-c3ccc4sc5ccc(-c6nc(-c7ccccc7)nc(-c7ccccc7)n6)cc5c4c3)cc2)cc1.c1ccc(-c2nc(-c3ccccc3)nc(-c3cccc4sc5ccc(-c6ccc7c(c6)c6ccccc6n7-c6ccccc6)cc5c34)n2)cc1.c1ccc(-c2nc(-n3c4ccc(-c5ccc6c(c5)c5ccccc5n6-c5ccccc5)cc4c4c5ccccc5ccc43)nc3ccccc23)cc1. The number of hydrogen-bond donors (Lipinski definition) is 0. The number of aromatic nitrogens is 11. The van der Waals surface area contributed by atoms with Crippen LogP contribution in [0.1, 0.15) is 0 Å². The molecule has 29 aromatic rings. The second kappa shape index (κ2) is 36.4. The average molecular weight is 1890 g/mol. The first-order chi connectivity index (χ1) is 71.9. The molecule has 0 aliphatic carbocycles. The van der Waals surface area contributed by atoms with E-state index in [-0.39, 0.29) is 0 Å². The number of rotatable bonds is 14. The third-order valence-electron chi connectivity index (χ3n) is 27.7. The number of fused-ring (bicyclic) bond motifs is 18. The summed E-state index contributed by atoms with van der Waals surface area (Å²) < 4.78 is 11.9. The molecule has 0 bridgehead atoms. The van der Waals surface area contributed by atoms with Gasteiger partial charge in [0.05, 0.1) is 44.3 Å². The van der Waals surface area contributed by atoms with Crippen molar-refractivity contribution in [3.63, 3.8) is 0 Å². The third-order valence-corrected chi connectivity index (χ3v) is 30.0. The summed E-state index contributed by atoms with van der Waals surface area (Å²) in [5.41, 5.74) is 27.6. The minimum Gasteiger partial charge on any atom is -0.309 e. The summed E-state index contributed by atoms with van der Waals surface area (Å²) in [6.07, 6.45) is 0. The molecule has 0 saturated carbocycles. The Labute approximate surface area is 842 Å². The van der Waals surface area contributed by atoms with E-state index in [9.17, 15) is 0 Å². The highest BCUT2D eigenvalue weighted by atomic mass is 32.1. The fourth-order valence-electron chi connectivity index (χ4n) is 20.8. The first-order valence-corrected chi connectivity index (χ1v) is 50.3. The molecule has 11 nitrogen and oxygen atoms in total. The minimum absolute atomic E-state index is 0.662. The predicted molar refractivity (Wildman–Crippen MR) is 605 cm³/mol. The third kappa shape index (κ3) is 15.6. The summed E-state index contributed by atoms with van der Waals surface area (Å²) in [5, 5.41) is 15.6. The van der Waals surface area contributed by atoms with Crippen LogP contribution in [0.15, 0.2) is 504 Å². The number of thiophene rings is 2. The van der Waals surface area contributed by atoms with E-state index in [1.54, 1.807) is 11.3 Å². The maximum atomic E-state index is 5.31. The van der Waals surface area contributed by atoms with Crippen LogP contribution in [-0.4, -0.2) is 53.6 Å². The topological polar surface area (TPSA) is 118 Å². The van der Waals surface area contributed by atoms with Crippen molar-refractivity contribution in [1.82, 2.24) is 53.6 Å². The molecule has 0 amide bonds. The van der Waals surface area contributed by atoms with Crippen LogP contribution in [-0.2, 0) is 0 Å². The van der Waals surface area contributed by atoms with Crippen LogP contribution in [0.3, 0.4) is 0 Å². The van der Waals surface area contributed by atoms with Gasteiger partial charge in [0, 0.05) is 128 Å². The maximum absolute atomic E-state index is 5.31. The number of hydrogen-bond acceptors (Lipinski definition) is 10. The van der Waals surface area contributed by atoms with E-state index >= 15 is 0 Å². The second-order valence-electron chi connectivity index (χ2n) is 36.4. The van der Waals surface area contributed by atoms with Gasteiger partial charge in [-0.15, -0.1) is 22.7 Å². The second-order valence-corrected chi connectivity index (χ2v) is 38.5. The van der Waals surface area contributed by atoms with Gasteiger partial charge in [-0.3, -0.25) is 4.57 Å². The Balaban J connectivity index is 0.000000109. The Morgan fingerprint density at radius 2 is 0.490 bits per heavy atom. The van der Waals surface area contributed by atoms with E-state index in [2.05, 4.69) is 408 Å². The highest BCUT2D eigenvalue weighted by molar-refractivity contribution is 7.26. The molecule has 0 unspecified atom stereocenters. The molecule has 0 aliphatic heterocycles. The Morgan fingerprint density at radius 1 is 0.159 bits per heavy atom. The molecule has 145 heavy (non-hydrogen) atoms. The summed E-state index contributed by atoms with van der Waals surface area (Å²) in [5.74, 6) is 4.66. The summed E-state index contributed by atoms with van der Waals surface area (Å²) >= 11 is 3.62. The van der Waals surface area contributed by atoms with Gasteiger partial charge in [0.2, 0.25) is 5.95 Å². The molecule has 0 spiro atoms. The average Bonchev–Trinajstić information content (AvgIpc) is 1.57. The smallest absolute Gasteiger partial charge is 0.235 e. The molecule has 0 fully saturated rings. The molecular formula is C132H83N11S2. The van der Waals surface area contributed by atoms with Crippen molar-refractivity contribution in [2.75, 3.05) is 0 Å². The zero-order valence-corrected chi connectivity index (χ0v) is 79.8. The van der Waals surface area contributed by atoms with E-state index < -0.39 is 0 Å². The van der Waals surface area contributed by atoms with Crippen molar-refractivity contribution in [3.05, 3.63) is 504 Å². The van der Waals surface area contributed by atoms with Gasteiger partial charge in [0.15, 0.2) is 34.9 Å². The summed E-state index contributed by atoms with van der Waals surface area (Å²) in [6, 6.07) is 178. The highest BCUT2D eigenvalue weighted by Crippen LogP contribution is 2.47. The maximum Gasteiger partial charge on any atom is 0.235 e. The molecule has 0 saturated heterocycles. The lowest BCUT2D eigenvalue weighted by Gasteiger charge is -2.12. The van der Waals surface area contributed by atoms with E-state index in [4.69, 9.17) is 39.9 Å². The molecule has 0 N–H and O–H groups in total. The van der Waals surface area contributed by atoms with E-state index in [1.165, 1.54) is 150 Å². The van der Waals surface area contributed by atoms with E-state index in [1.807, 2.05) is 121 Å². The lowest BCUT2D eigenvalue weighted by Crippen LogP contribution is -2.03. The zero-order chi connectivity index (χ0) is 95.8. The van der Waals surface area contributed by atoms with Gasteiger partial charge < -0.3 is 9.13 Å². The fourth-order valence-corrected chi connectivity index (χ4v) is 23.0. The van der Waals surface area contributed by atoms with Gasteiger partial charge in [-0.1, -0.05) is 370 Å². The lowest BCUT2D eigenvalue weighted by molar-refractivity contribution is 1.01. The van der Waals surface area contributed by atoms with E-state index in [0.29, 0.717) is 40.9 Å². The largest absolute Gasteiger partial charge is 0.309 e. The van der Waals surface area contributed by atoms with Gasteiger partial charge >= 0.3 is 0 Å². The Morgan fingerprint density at radius 3 is 1.00 bits per heavy atom. The van der Waals surface area contributed by atoms with Gasteiger partial charge in [0.25, 0.3) is 0 Å². The Kier molecular flexibility index (Phi) is 21.4. The predicted octanol–water partition coefficient (Wildman–Crippen LogP) is 34.9. The molecule has 8 heterocycles. The van der Waals surface area contributed by atoms with Crippen molar-refractivity contribution in [1.29, 1.82) is 0 Å². The van der Waals surface area contributed by atoms with Crippen LogP contribution >= 0.6 is 22.7 Å². The summed E-state index contributed by atoms with van der Waals surface area (Å²) in [7, 11) is 0. The highest BCUT2D eigenvalue weighted by Gasteiger charge is 2.25. The molecule has 29 rings (SSSR count). The van der Waals surface area contributed by atoms with Gasteiger partial charge in [-0.25, -0.2) is 39.9 Å². The van der Waals surface area contributed by atoms with Crippen LogP contribution in [0.2, 0.25) is 0 Å². The van der Waals surface area contributed by atoms with Crippen molar-refractivity contribution in [3.8, 4) is 141 Å². The van der Waals surface area contributed by atoms with Gasteiger partial charge in [0.1, 0.15) is 0 Å². The van der Waals surface area contributed by atoms with Crippen molar-refractivity contribution in [2.24, 2.45) is 0 Å². The normalized spacial score (nSPS) is 11.6. The summed E-state index contributed by atoms with van der Waals surface area (Å²) in [6.45, 7) is 0. The van der Waals surface area contributed by atoms with Gasteiger partial charge in [-0.2, -0.15) is 0 Å². The van der Waals surface area contributed by atoms with Gasteiger partial charge in [-0.05, 0) is 189 Å². The number of benzene rings is 21. The quantitative estimate of drug-likeness (QED) is 0.106. The minimum atomic E-state index is 0.662. The van der Waals surface area contributed by atoms with Crippen LogP contribution in [0.25, 0.3) is 269 Å². The summed E-state index contributed by atoms with van der Waals surface area (Å²) in [4.78, 5) is 40.4. The molecular weight excluding hydrogens is 1800 g/mol. The monoisotopic (exact) mass is 1890 g/mol. The van der Waals surface area contributed by atoms with Crippen molar-refractivity contribution < 1.29 is 0 Å². The van der Waals surface area contributed by atoms with Crippen LogP contribution in [0.4, 0.5) is 0 Å². The van der Waals surface area contributed by atoms with Crippen LogP contribution < -0.4 is 0 Å². The molecule has 0 radical (unpaired) electrons. The first kappa shape index (κ1) is 85.3. The Hall–Kier alpha value is -18.9. The fraction of sp³-hybridized carbons (Fsp3) is 0. The molecule has 21 aromatic carbocycles. The zero-order valence-electron chi connectivity index (χ0n) is 78.2. The van der Waals surface area contributed by atoms with Crippen molar-refractivity contribution in [2.45, 2.75) is 0 Å².